The van der Waals surface area contributed by atoms with Gasteiger partial charge in [0.15, 0.2) is 0 Å². The van der Waals surface area contributed by atoms with Crippen molar-refractivity contribution in [2.75, 3.05) is 19.6 Å². The number of nitrogens with one attached hydrogen (secondary N) is 1. The van der Waals surface area contributed by atoms with Crippen LogP contribution in [0, 0.1) is 11.7 Å². The third kappa shape index (κ3) is 4.80. The highest BCUT2D eigenvalue weighted by molar-refractivity contribution is 5.76. The van der Waals surface area contributed by atoms with Crippen LogP contribution < -0.4 is 11.2 Å². The summed E-state index contributed by atoms with van der Waals surface area (Å²) < 4.78 is 20.1. The van der Waals surface area contributed by atoms with Crippen molar-refractivity contribution in [3.05, 3.63) is 80.7 Å². The molecule has 1 aliphatic rings. The number of aromatic nitrogens is 2. The lowest BCUT2D eigenvalue weighted by molar-refractivity contribution is -0.150. The quantitative estimate of drug-likeness (QED) is 0.597. The Morgan fingerprint density at radius 3 is 2.47 bits per heavy atom. The second kappa shape index (κ2) is 9.48. The number of benzene rings is 2. The number of carbonyl (C=O) groups excluding carboxylic acids is 1. The zero-order valence-electron chi connectivity index (χ0n) is 17.9. The van der Waals surface area contributed by atoms with Crippen LogP contribution in [0.4, 0.5) is 4.39 Å². The molecule has 1 fully saturated rings. The van der Waals surface area contributed by atoms with Gasteiger partial charge in [-0.3, -0.25) is 14.2 Å². The van der Waals surface area contributed by atoms with E-state index in [4.69, 9.17) is 4.74 Å². The number of halogens is 1. The lowest BCUT2D eigenvalue weighted by Crippen LogP contribution is -2.42. The standard InChI is InChI=1S/C24H26FN3O4/c1-16(29)32-22(17-6-8-19(25)9-7-17)18-10-12-27(13-11-18)14-15-28-23(30)20-4-2-3-5-21(20)26-24(28)31/h2-9,18,22H,10-15H2,1H3,(H,26,31). The van der Waals surface area contributed by atoms with Crippen molar-refractivity contribution in [3.63, 3.8) is 0 Å². The van der Waals surface area contributed by atoms with Gasteiger partial charge in [0.05, 0.1) is 10.9 Å². The molecule has 0 aliphatic carbocycles. The van der Waals surface area contributed by atoms with E-state index in [1.165, 1.54) is 23.6 Å². The number of para-hydroxylation sites is 1. The molecular formula is C24H26FN3O4. The second-order valence-corrected chi connectivity index (χ2v) is 8.19. The molecule has 1 aliphatic heterocycles. The van der Waals surface area contributed by atoms with Crippen molar-refractivity contribution < 1.29 is 13.9 Å². The maximum absolute atomic E-state index is 13.3. The normalized spacial score (nSPS) is 16.2. The SMILES string of the molecule is CC(=O)OC(c1ccc(F)cc1)C1CCN(CCn2c(=O)[nH]c3ccccc3c2=O)CC1. The molecule has 4 rings (SSSR count). The number of ether oxygens (including phenoxy) is 1. The summed E-state index contributed by atoms with van der Waals surface area (Å²) in [5.74, 6) is -0.576. The highest BCUT2D eigenvalue weighted by atomic mass is 19.1. The summed E-state index contributed by atoms with van der Waals surface area (Å²) in [6.07, 6.45) is 1.16. The summed E-state index contributed by atoms with van der Waals surface area (Å²) in [7, 11) is 0. The molecule has 7 nitrogen and oxygen atoms in total. The summed E-state index contributed by atoms with van der Waals surface area (Å²) >= 11 is 0. The minimum Gasteiger partial charge on any atom is -0.457 e. The lowest BCUT2D eigenvalue weighted by Gasteiger charge is -2.35. The minimum absolute atomic E-state index is 0.118. The number of rotatable bonds is 6. The maximum atomic E-state index is 13.3. The number of H-pyrrole nitrogens is 1. The van der Waals surface area contributed by atoms with Crippen LogP contribution in [0.3, 0.4) is 0 Å². The number of piperidine rings is 1. The van der Waals surface area contributed by atoms with Crippen molar-refractivity contribution in [1.29, 1.82) is 0 Å². The molecule has 1 aromatic heterocycles. The van der Waals surface area contributed by atoms with Crippen molar-refractivity contribution >= 4 is 16.9 Å². The number of fused-ring (bicyclic) bond motifs is 1. The molecule has 1 unspecified atom stereocenters. The number of hydrogen-bond donors (Lipinski definition) is 1. The molecule has 3 aromatic rings. The number of aromatic amines is 1. The predicted molar refractivity (Wildman–Crippen MR) is 119 cm³/mol. The van der Waals surface area contributed by atoms with Crippen LogP contribution in [0.2, 0.25) is 0 Å². The zero-order chi connectivity index (χ0) is 22.7. The molecule has 0 spiro atoms. The molecule has 168 valence electrons. The summed E-state index contributed by atoms with van der Waals surface area (Å²) in [6.45, 7) is 3.76. The Balaban J connectivity index is 1.41. The first kappa shape index (κ1) is 22.0. The third-order valence-electron chi connectivity index (χ3n) is 6.08. The molecule has 0 amide bonds. The summed E-state index contributed by atoms with van der Waals surface area (Å²) in [5, 5.41) is 0.495. The largest absolute Gasteiger partial charge is 0.457 e. The van der Waals surface area contributed by atoms with Crippen LogP contribution >= 0.6 is 0 Å². The predicted octanol–water partition coefficient (Wildman–Crippen LogP) is 2.85. The van der Waals surface area contributed by atoms with E-state index in [0.29, 0.717) is 24.0 Å². The summed E-state index contributed by atoms with van der Waals surface area (Å²) in [6, 6.07) is 13.0. The molecule has 1 atom stereocenters. The Hall–Kier alpha value is -3.26. The number of carbonyl (C=O) groups is 1. The lowest BCUT2D eigenvalue weighted by atomic mass is 9.87. The van der Waals surface area contributed by atoms with Crippen molar-refractivity contribution in [3.8, 4) is 0 Å². The van der Waals surface area contributed by atoms with Gasteiger partial charge >= 0.3 is 11.7 Å². The maximum Gasteiger partial charge on any atom is 0.328 e. The van der Waals surface area contributed by atoms with Crippen LogP contribution in [-0.4, -0.2) is 40.1 Å². The fourth-order valence-electron chi connectivity index (χ4n) is 4.39. The number of likely N-dealkylation sites (tertiary alicyclic amines) is 1. The van der Waals surface area contributed by atoms with Gasteiger partial charge in [-0.2, -0.15) is 0 Å². The molecule has 2 heterocycles. The Bertz CT molecular complexity index is 1210. The summed E-state index contributed by atoms with van der Waals surface area (Å²) in [4.78, 5) is 41.7. The molecule has 0 saturated carbocycles. The molecular weight excluding hydrogens is 413 g/mol. The van der Waals surface area contributed by atoms with E-state index in [9.17, 15) is 18.8 Å². The fourth-order valence-corrected chi connectivity index (χ4v) is 4.39. The van der Waals surface area contributed by atoms with E-state index in [1.807, 2.05) is 0 Å². The van der Waals surface area contributed by atoms with Gasteiger partial charge in [0.2, 0.25) is 0 Å². The topological polar surface area (TPSA) is 84.4 Å². The Kier molecular flexibility index (Phi) is 6.50. The molecule has 8 heteroatoms. The average molecular weight is 439 g/mol. The molecule has 32 heavy (non-hydrogen) atoms. The van der Waals surface area contributed by atoms with Gasteiger partial charge in [-0.25, -0.2) is 9.18 Å². The zero-order valence-corrected chi connectivity index (χ0v) is 17.9. The van der Waals surface area contributed by atoms with Gasteiger partial charge in [0.25, 0.3) is 5.56 Å². The molecule has 0 bridgehead atoms. The number of nitrogens with zero attached hydrogens (tertiary/aromatic N) is 2. The van der Waals surface area contributed by atoms with E-state index >= 15 is 0 Å². The molecule has 1 N–H and O–H groups in total. The molecule has 0 radical (unpaired) electrons. The van der Waals surface area contributed by atoms with Gasteiger partial charge in [0.1, 0.15) is 11.9 Å². The molecule has 1 saturated heterocycles. The van der Waals surface area contributed by atoms with Gasteiger partial charge in [-0.05, 0) is 55.8 Å². The van der Waals surface area contributed by atoms with Crippen LogP contribution in [-0.2, 0) is 16.1 Å². The van der Waals surface area contributed by atoms with Crippen LogP contribution in [0.5, 0.6) is 0 Å². The average Bonchev–Trinajstić information content (AvgIpc) is 2.78. The Morgan fingerprint density at radius 2 is 1.78 bits per heavy atom. The Labute approximate surface area is 184 Å². The first-order valence-corrected chi connectivity index (χ1v) is 10.8. The minimum atomic E-state index is -0.416. The third-order valence-corrected chi connectivity index (χ3v) is 6.08. The van der Waals surface area contributed by atoms with Gasteiger partial charge in [-0.1, -0.05) is 24.3 Å². The van der Waals surface area contributed by atoms with Gasteiger partial charge < -0.3 is 14.6 Å². The number of hydrogen-bond acceptors (Lipinski definition) is 5. The van der Waals surface area contributed by atoms with Gasteiger partial charge in [0, 0.05) is 25.9 Å². The van der Waals surface area contributed by atoms with E-state index in [0.717, 1.165) is 31.5 Å². The van der Waals surface area contributed by atoms with E-state index in [2.05, 4.69) is 9.88 Å². The smallest absolute Gasteiger partial charge is 0.328 e. The van der Waals surface area contributed by atoms with Crippen LogP contribution in [0.1, 0.15) is 31.4 Å². The first-order chi connectivity index (χ1) is 15.4. The van der Waals surface area contributed by atoms with Crippen molar-refractivity contribution in [2.45, 2.75) is 32.4 Å². The van der Waals surface area contributed by atoms with E-state index in [1.54, 1.807) is 36.4 Å². The molecule has 2 aromatic carbocycles. The first-order valence-electron chi connectivity index (χ1n) is 10.8. The van der Waals surface area contributed by atoms with Crippen molar-refractivity contribution in [1.82, 2.24) is 14.5 Å². The Morgan fingerprint density at radius 1 is 1.09 bits per heavy atom. The highest BCUT2D eigenvalue weighted by Crippen LogP contribution is 2.34. The second-order valence-electron chi connectivity index (χ2n) is 8.19. The van der Waals surface area contributed by atoms with Crippen molar-refractivity contribution in [2.24, 2.45) is 5.92 Å². The monoisotopic (exact) mass is 439 g/mol. The summed E-state index contributed by atoms with van der Waals surface area (Å²) in [5.41, 5.74) is 0.631. The fraction of sp³-hybridized carbons (Fsp3) is 0.375. The van der Waals surface area contributed by atoms with E-state index < -0.39 is 11.8 Å². The van der Waals surface area contributed by atoms with Gasteiger partial charge in [-0.15, -0.1) is 0 Å². The van der Waals surface area contributed by atoms with Crippen LogP contribution in [0.25, 0.3) is 10.9 Å². The van der Waals surface area contributed by atoms with Crippen LogP contribution in [0.15, 0.2) is 58.1 Å². The van der Waals surface area contributed by atoms with E-state index in [-0.39, 0.29) is 23.3 Å². The number of esters is 1. The highest BCUT2D eigenvalue weighted by Gasteiger charge is 2.30.